The number of nitrogens with zero attached hydrogens (tertiary/aromatic N) is 2. The fourth-order valence-corrected chi connectivity index (χ4v) is 3.58. The highest BCUT2D eigenvalue weighted by atomic mass is 16.1. The van der Waals surface area contributed by atoms with Gasteiger partial charge in [-0.25, -0.2) is 4.98 Å². The van der Waals surface area contributed by atoms with Crippen LogP contribution in [0.25, 0.3) is 0 Å². The van der Waals surface area contributed by atoms with Crippen LogP contribution in [0.5, 0.6) is 0 Å². The molecule has 138 valence electrons. The highest BCUT2D eigenvalue weighted by Gasteiger charge is 2.21. The summed E-state index contributed by atoms with van der Waals surface area (Å²) in [7, 11) is 0. The standard InChI is InChI=1S/C22H29N3O/c1-17(2)25(16-18-9-5-3-6-10-18)20-13-14-21(23-15-20)24-22(26)19-11-7-4-8-12-19/h3,5-6,9-10,13-15,17,19H,4,7-8,11-12,16H2,1-2H3,(H,23,24,26). The van der Waals surface area contributed by atoms with Gasteiger partial charge < -0.3 is 10.2 Å². The van der Waals surface area contributed by atoms with E-state index in [9.17, 15) is 4.79 Å². The molecule has 1 heterocycles. The van der Waals surface area contributed by atoms with Gasteiger partial charge in [-0.1, -0.05) is 49.6 Å². The normalized spacial score (nSPS) is 15.0. The Morgan fingerprint density at radius 2 is 1.85 bits per heavy atom. The molecule has 0 spiro atoms. The van der Waals surface area contributed by atoms with Crippen molar-refractivity contribution in [3.8, 4) is 0 Å². The van der Waals surface area contributed by atoms with Crippen LogP contribution in [0.15, 0.2) is 48.7 Å². The van der Waals surface area contributed by atoms with Gasteiger partial charge in [-0.3, -0.25) is 4.79 Å². The zero-order valence-electron chi connectivity index (χ0n) is 15.8. The molecule has 2 aromatic rings. The van der Waals surface area contributed by atoms with Crippen LogP contribution >= 0.6 is 0 Å². The van der Waals surface area contributed by atoms with Crippen LogP contribution in [0.3, 0.4) is 0 Å². The zero-order chi connectivity index (χ0) is 18.4. The van der Waals surface area contributed by atoms with E-state index in [2.05, 4.69) is 53.3 Å². The van der Waals surface area contributed by atoms with Gasteiger partial charge in [0.1, 0.15) is 5.82 Å². The summed E-state index contributed by atoms with van der Waals surface area (Å²) >= 11 is 0. The SMILES string of the molecule is CC(C)N(Cc1ccccc1)c1ccc(NC(=O)C2CCCCC2)nc1. The van der Waals surface area contributed by atoms with E-state index in [1.165, 1.54) is 12.0 Å². The Morgan fingerprint density at radius 3 is 2.46 bits per heavy atom. The molecule has 1 saturated carbocycles. The van der Waals surface area contributed by atoms with Crippen LogP contribution < -0.4 is 10.2 Å². The second-order valence-corrected chi connectivity index (χ2v) is 7.43. The molecule has 0 saturated heterocycles. The largest absolute Gasteiger partial charge is 0.364 e. The predicted octanol–water partition coefficient (Wildman–Crippen LogP) is 5.02. The Balaban J connectivity index is 1.65. The minimum Gasteiger partial charge on any atom is -0.364 e. The van der Waals surface area contributed by atoms with Crippen LogP contribution in [0.2, 0.25) is 0 Å². The molecule has 0 atom stereocenters. The molecule has 1 amide bonds. The highest BCUT2D eigenvalue weighted by Crippen LogP contribution is 2.25. The Morgan fingerprint density at radius 1 is 1.12 bits per heavy atom. The van der Waals surface area contributed by atoms with Crippen LogP contribution in [0.1, 0.15) is 51.5 Å². The van der Waals surface area contributed by atoms with Crippen LogP contribution in [0.4, 0.5) is 11.5 Å². The third kappa shape index (κ3) is 4.84. The maximum atomic E-state index is 12.4. The molecule has 0 unspecified atom stereocenters. The molecule has 1 aliphatic carbocycles. The lowest BCUT2D eigenvalue weighted by Crippen LogP contribution is -2.30. The fraction of sp³-hybridized carbons (Fsp3) is 0.455. The summed E-state index contributed by atoms with van der Waals surface area (Å²) in [4.78, 5) is 19.2. The third-order valence-electron chi connectivity index (χ3n) is 5.13. The van der Waals surface area contributed by atoms with Crippen molar-refractivity contribution in [2.24, 2.45) is 5.92 Å². The second kappa shape index (κ2) is 8.84. The number of rotatable bonds is 6. The minimum absolute atomic E-state index is 0.120. The van der Waals surface area contributed by atoms with Crippen molar-refractivity contribution in [1.82, 2.24) is 4.98 Å². The molecule has 4 nitrogen and oxygen atoms in total. The van der Waals surface area contributed by atoms with E-state index in [0.29, 0.717) is 11.9 Å². The van der Waals surface area contributed by atoms with Crippen LogP contribution in [-0.4, -0.2) is 16.9 Å². The van der Waals surface area contributed by atoms with Gasteiger partial charge in [0.25, 0.3) is 0 Å². The first-order valence-corrected chi connectivity index (χ1v) is 9.71. The number of hydrogen-bond acceptors (Lipinski definition) is 3. The number of carbonyl (C=O) groups is 1. The molecule has 1 N–H and O–H groups in total. The summed E-state index contributed by atoms with van der Waals surface area (Å²) in [5.74, 6) is 0.915. The molecular formula is C22H29N3O. The average molecular weight is 351 g/mol. The monoisotopic (exact) mass is 351 g/mol. The van der Waals surface area contributed by atoms with Crippen molar-refractivity contribution < 1.29 is 4.79 Å². The Hall–Kier alpha value is -2.36. The number of amides is 1. The summed E-state index contributed by atoms with van der Waals surface area (Å²) in [6, 6.07) is 14.8. The first kappa shape index (κ1) is 18.4. The Kier molecular flexibility index (Phi) is 6.26. The second-order valence-electron chi connectivity index (χ2n) is 7.43. The topological polar surface area (TPSA) is 45.2 Å². The summed E-state index contributed by atoms with van der Waals surface area (Å²) < 4.78 is 0. The van der Waals surface area contributed by atoms with Gasteiger partial charge in [-0.05, 0) is 44.4 Å². The molecule has 1 aromatic heterocycles. The number of pyridine rings is 1. The first-order chi connectivity index (χ1) is 12.6. The summed E-state index contributed by atoms with van der Waals surface area (Å²) in [6.45, 7) is 5.21. The molecule has 1 fully saturated rings. The van der Waals surface area contributed by atoms with E-state index in [1.807, 2.05) is 24.4 Å². The molecule has 1 aromatic carbocycles. The van der Waals surface area contributed by atoms with Crippen molar-refractivity contribution in [2.45, 2.75) is 58.5 Å². The van der Waals surface area contributed by atoms with Crippen molar-refractivity contribution in [3.05, 3.63) is 54.2 Å². The molecule has 3 rings (SSSR count). The highest BCUT2D eigenvalue weighted by molar-refractivity contribution is 5.91. The van der Waals surface area contributed by atoms with Gasteiger partial charge in [0, 0.05) is 18.5 Å². The minimum atomic E-state index is 0.120. The fourth-order valence-electron chi connectivity index (χ4n) is 3.58. The van der Waals surface area contributed by atoms with E-state index < -0.39 is 0 Å². The van der Waals surface area contributed by atoms with E-state index in [1.54, 1.807) is 0 Å². The summed E-state index contributed by atoms with van der Waals surface area (Å²) in [6.07, 6.45) is 7.44. The quantitative estimate of drug-likeness (QED) is 0.795. The average Bonchev–Trinajstić information content (AvgIpc) is 2.68. The van der Waals surface area contributed by atoms with Gasteiger partial charge in [-0.15, -0.1) is 0 Å². The number of nitrogens with one attached hydrogen (secondary N) is 1. The lowest BCUT2D eigenvalue weighted by Gasteiger charge is -2.29. The predicted molar refractivity (Wildman–Crippen MR) is 107 cm³/mol. The molecule has 0 radical (unpaired) electrons. The molecule has 4 heteroatoms. The molecular weight excluding hydrogens is 322 g/mol. The maximum absolute atomic E-state index is 12.4. The smallest absolute Gasteiger partial charge is 0.228 e. The number of aromatic nitrogens is 1. The molecule has 26 heavy (non-hydrogen) atoms. The van der Waals surface area contributed by atoms with Crippen LogP contribution in [0, 0.1) is 5.92 Å². The summed E-state index contributed by atoms with van der Waals surface area (Å²) in [5.41, 5.74) is 2.34. The maximum Gasteiger partial charge on any atom is 0.228 e. The van der Waals surface area contributed by atoms with E-state index in [-0.39, 0.29) is 11.8 Å². The lowest BCUT2D eigenvalue weighted by molar-refractivity contribution is -0.120. The van der Waals surface area contributed by atoms with E-state index >= 15 is 0 Å². The number of hydrogen-bond donors (Lipinski definition) is 1. The van der Waals surface area contributed by atoms with Crippen molar-refractivity contribution in [2.75, 3.05) is 10.2 Å². The van der Waals surface area contributed by atoms with Crippen molar-refractivity contribution in [1.29, 1.82) is 0 Å². The summed E-state index contributed by atoms with van der Waals surface area (Å²) in [5, 5.41) is 2.99. The number of benzene rings is 1. The van der Waals surface area contributed by atoms with Crippen LogP contribution in [-0.2, 0) is 11.3 Å². The molecule has 0 bridgehead atoms. The third-order valence-corrected chi connectivity index (χ3v) is 5.13. The van der Waals surface area contributed by atoms with Gasteiger partial charge in [0.15, 0.2) is 0 Å². The first-order valence-electron chi connectivity index (χ1n) is 9.71. The Bertz CT molecular complexity index is 691. The number of carbonyl (C=O) groups excluding carboxylic acids is 1. The molecule has 1 aliphatic rings. The number of anilines is 2. The lowest BCUT2D eigenvalue weighted by atomic mass is 9.89. The van der Waals surface area contributed by atoms with Gasteiger partial charge in [0.05, 0.1) is 11.9 Å². The van der Waals surface area contributed by atoms with Gasteiger partial charge >= 0.3 is 0 Å². The van der Waals surface area contributed by atoms with Gasteiger partial charge in [-0.2, -0.15) is 0 Å². The van der Waals surface area contributed by atoms with E-state index in [4.69, 9.17) is 0 Å². The van der Waals surface area contributed by atoms with Crippen molar-refractivity contribution >= 4 is 17.4 Å². The van der Waals surface area contributed by atoms with Crippen molar-refractivity contribution in [3.63, 3.8) is 0 Å². The Labute approximate surface area is 156 Å². The van der Waals surface area contributed by atoms with E-state index in [0.717, 1.165) is 37.9 Å². The van der Waals surface area contributed by atoms with Gasteiger partial charge in [0.2, 0.25) is 5.91 Å². The zero-order valence-corrected chi connectivity index (χ0v) is 15.8. The molecule has 0 aliphatic heterocycles.